The fraction of sp³-hybridized carbons (Fsp3) is 0.571. The molecule has 0 spiro atoms. The van der Waals surface area contributed by atoms with Gasteiger partial charge in [-0.2, -0.15) is 0 Å². The van der Waals surface area contributed by atoms with Crippen LogP contribution in [0.3, 0.4) is 0 Å². The van der Waals surface area contributed by atoms with Crippen LogP contribution in [0.4, 0.5) is 11.4 Å². The standard InChI is InChI=1S/C14H22N2/c1-3-11-9-13(8-10(2)14(11)15)16-12-6-4-5-7-12/h8-9,12,16H,3-7,15H2,1-2H3. The Labute approximate surface area is 98.2 Å². The molecule has 3 N–H and O–H groups in total. The van der Waals surface area contributed by atoms with E-state index in [1.54, 1.807) is 0 Å². The van der Waals surface area contributed by atoms with Gasteiger partial charge >= 0.3 is 0 Å². The monoisotopic (exact) mass is 218 g/mol. The van der Waals surface area contributed by atoms with Gasteiger partial charge < -0.3 is 11.1 Å². The first kappa shape index (κ1) is 11.3. The Balaban J connectivity index is 2.17. The van der Waals surface area contributed by atoms with Gasteiger partial charge in [0, 0.05) is 17.4 Å². The number of anilines is 2. The van der Waals surface area contributed by atoms with Gasteiger partial charge in [0.1, 0.15) is 0 Å². The van der Waals surface area contributed by atoms with Crippen LogP contribution in [0.5, 0.6) is 0 Å². The number of rotatable bonds is 3. The van der Waals surface area contributed by atoms with Crippen molar-refractivity contribution in [2.75, 3.05) is 11.1 Å². The summed E-state index contributed by atoms with van der Waals surface area (Å²) in [5.74, 6) is 0. The second-order valence-electron chi connectivity index (χ2n) is 4.85. The van der Waals surface area contributed by atoms with Crippen molar-refractivity contribution in [1.29, 1.82) is 0 Å². The summed E-state index contributed by atoms with van der Waals surface area (Å²) in [6.45, 7) is 4.25. The van der Waals surface area contributed by atoms with Crippen LogP contribution in [-0.4, -0.2) is 6.04 Å². The van der Waals surface area contributed by atoms with E-state index < -0.39 is 0 Å². The van der Waals surface area contributed by atoms with Gasteiger partial charge in [-0.15, -0.1) is 0 Å². The molecule has 88 valence electrons. The third-order valence-electron chi connectivity index (χ3n) is 3.58. The quantitative estimate of drug-likeness (QED) is 0.762. The van der Waals surface area contributed by atoms with Gasteiger partial charge in [0.05, 0.1) is 0 Å². The van der Waals surface area contributed by atoms with Crippen LogP contribution in [0.25, 0.3) is 0 Å². The molecule has 0 unspecified atom stereocenters. The summed E-state index contributed by atoms with van der Waals surface area (Å²) in [6, 6.07) is 5.06. The summed E-state index contributed by atoms with van der Waals surface area (Å²) < 4.78 is 0. The zero-order valence-corrected chi connectivity index (χ0v) is 10.3. The van der Waals surface area contributed by atoms with Crippen LogP contribution in [0, 0.1) is 6.92 Å². The molecule has 1 aromatic carbocycles. The third-order valence-corrected chi connectivity index (χ3v) is 3.58. The Morgan fingerprint density at radius 1 is 1.31 bits per heavy atom. The molecule has 2 rings (SSSR count). The predicted octanol–water partition coefficient (Wildman–Crippen LogP) is 3.49. The van der Waals surface area contributed by atoms with Crippen molar-refractivity contribution in [3.63, 3.8) is 0 Å². The van der Waals surface area contributed by atoms with Crippen LogP contribution in [-0.2, 0) is 6.42 Å². The topological polar surface area (TPSA) is 38.0 Å². The SMILES string of the molecule is CCc1cc(NC2CCCC2)cc(C)c1N. The van der Waals surface area contributed by atoms with Gasteiger partial charge in [-0.25, -0.2) is 0 Å². The lowest BCUT2D eigenvalue weighted by atomic mass is 10.0. The zero-order chi connectivity index (χ0) is 11.5. The molecule has 0 amide bonds. The Bertz CT molecular complexity index is 365. The largest absolute Gasteiger partial charge is 0.398 e. The number of nitrogen functional groups attached to an aromatic ring is 1. The van der Waals surface area contributed by atoms with Crippen molar-refractivity contribution in [3.8, 4) is 0 Å². The van der Waals surface area contributed by atoms with Gasteiger partial charge in [-0.3, -0.25) is 0 Å². The van der Waals surface area contributed by atoms with Crippen molar-refractivity contribution < 1.29 is 0 Å². The summed E-state index contributed by atoms with van der Waals surface area (Å²) >= 11 is 0. The Morgan fingerprint density at radius 3 is 2.62 bits per heavy atom. The second-order valence-corrected chi connectivity index (χ2v) is 4.85. The smallest absolute Gasteiger partial charge is 0.0377 e. The Hall–Kier alpha value is -1.18. The van der Waals surface area contributed by atoms with Crippen LogP contribution in [0.15, 0.2) is 12.1 Å². The van der Waals surface area contributed by atoms with Crippen LogP contribution in [0.1, 0.15) is 43.7 Å². The van der Waals surface area contributed by atoms with E-state index in [1.807, 2.05) is 0 Å². The first-order valence-corrected chi connectivity index (χ1v) is 6.36. The summed E-state index contributed by atoms with van der Waals surface area (Å²) in [4.78, 5) is 0. The molecular weight excluding hydrogens is 196 g/mol. The summed E-state index contributed by atoms with van der Waals surface area (Å²) in [7, 11) is 0. The minimum absolute atomic E-state index is 0.674. The average molecular weight is 218 g/mol. The van der Waals surface area contributed by atoms with Crippen molar-refractivity contribution >= 4 is 11.4 Å². The molecule has 2 heteroatoms. The summed E-state index contributed by atoms with van der Waals surface area (Å²) in [5.41, 5.74) is 10.7. The molecule has 1 aromatic rings. The van der Waals surface area contributed by atoms with E-state index in [1.165, 1.54) is 42.5 Å². The molecule has 1 saturated carbocycles. The minimum Gasteiger partial charge on any atom is -0.398 e. The molecule has 0 aliphatic heterocycles. The lowest BCUT2D eigenvalue weighted by Gasteiger charge is -2.16. The van der Waals surface area contributed by atoms with Crippen LogP contribution < -0.4 is 11.1 Å². The van der Waals surface area contributed by atoms with Gasteiger partial charge in [-0.05, 0) is 49.4 Å². The van der Waals surface area contributed by atoms with Gasteiger partial charge in [-0.1, -0.05) is 19.8 Å². The first-order valence-electron chi connectivity index (χ1n) is 6.36. The maximum Gasteiger partial charge on any atom is 0.0377 e. The lowest BCUT2D eigenvalue weighted by Crippen LogP contribution is -2.15. The van der Waals surface area contributed by atoms with E-state index in [2.05, 4.69) is 31.3 Å². The van der Waals surface area contributed by atoms with E-state index in [4.69, 9.17) is 5.73 Å². The normalized spacial score (nSPS) is 16.6. The summed E-state index contributed by atoms with van der Waals surface area (Å²) in [6.07, 6.45) is 6.36. The van der Waals surface area contributed by atoms with E-state index in [-0.39, 0.29) is 0 Å². The highest BCUT2D eigenvalue weighted by atomic mass is 14.9. The van der Waals surface area contributed by atoms with Crippen molar-refractivity contribution in [3.05, 3.63) is 23.3 Å². The van der Waals surface area contributed by atoms with Crippen LogP contribution in [0.2, 0.25) is 0 Å². The van der Waals surface area contributed by atoms with E-state index in [9.17, 15) is 0 Å². The highest BCUT2D eigenvalue weighted by Gasteiger charge is 2.15. The molecule has 1 fully saturated rings. The molecule has 0 radical (unpaired) electrons. The highest BCUT2D eigenvalue weighted by Crippen LogP contribution is 2.27. The molecule has 0 saturated heterocycles. The number of hydrogen-bond donors (Lipinski definition) is 2. The number of benzene rings is 1. The van der Waals surface area contributed by atoms with E-state index >= 15 is 0 Å². The minimum atomic E-state index is 0.674. The summed E-state index contributed by atoms with van der Waals surface area (Å²) in [5, 5.41) is 3.63. The highest BCUT2D eigenvalue weighted by molar-refractivity contribution is 5.62. The molecule has 1 aliphatic rings. The maximum atomic E-state index is 6.04. The molecule has 0 atom stereocenters. The zero-order valence-electron chi connectivity index (χ0n) is 10.3. The second kappa shape index (κ2) is 4.77. The molecular formula is C14H22N2. The average Bonchev–Trinajstić information content (AvgIpc) is 2.76. The number of hydrogen-bond acceptors (Lipinski definition) is 2. The van der Waals surface area contributed by atoms with Gasteiger partial charge in [0.15, 0.2) is 0 Å². The van der Waals surface area contributed by atoms with E-state index in [0.29, 0.717) is 6.04 Å². The molecule has 16 heavy (non-hydrogen) atoms. The Kier molecular flexibility index (Phi) is 3.37. The molecule has 2 nitrogen and oxygen atoms in total. The number of nitrogens with one attached hydrogen (secondary N) is 1. The van der Waals surface area contributed by atoms with Gasteiger partial charge in [0.2, 0.25) is 0 Å². The molecule has 1 aliphatic carbocycles. The predicted molar refractivity (Wildman–Crippen MR) is 70.8 cm³/mol. The van der Waals surface area contributed by atoms with Crippen molar-refractivity contribution in [1.82, 2.24) is 0 Å². The number of nitrogens with two attached hydrogens (primary N) is 1. The van der Waals surface area contributed by atoms with Gasteiger partial charge in [0.25, 0.3) is 0 Å². The fourth-order valence-electron chi connectivity index (χ4n) is 2.55. The lowest BCUT2D eigenvalue weighted by molar-refractivity contribution is 0.755. The molecule has 0 bridgehead atoms. The molecule has 0 heterocycles. The first-order chi connectivity index (χ1) is 7.70. The Morgan fingerprint density at radius 2 is 2.00 bits per heavy atom. The van der Waals surface area contributed by atoms with Crippen LogP contribution >= 0.6 is 0 Å². The number of aryl methyl sites for hydroxylation is 2. The van der Waals surface area contributed by atoms with Crippen molar-refractivity contribution in [2.24, 2.45) is 0 Å². The van der Waals surface area contributed by atoms with E-state index in [0.717, 1.165) is 12.1 Å². The molecule has 0 aromatic heterocycles. The maximum absolute atomic E-state index is 6.04. The third kappa shape index (κ3) is 2.31. The fourth-order valence-corrected chi connectivity index (χ4v) is 2.55. The van der Waals surface area contributed by atoms with Crippen molar-refractivity contribution in [2.45, 2.75) is 52.0 Å².